The van der Waals surface area contributed by atoms with Gasteiger partial charge in [-0.05, 0) is 29.9 Å². The van der Waals surface area contributed by atoms with E-state index in [1.54, 1.807) is 6.07 Å². The number of fused-ring (bicyclic) bond motifs is 1. The summed E-state index contributed by atoms with van der Waals surface area (Å²) in [5.74, 6) is -0.846. The Bertz CT molecular complexity index is 1330. The fraction of sp³-hybridized carbons (Fsp3) is 0.250. The lowest BCUT2D eigenvalue weighted by Crippen LogP contribution is -2.49. The maximum atomic E-state index is 14.3. The maximum Gasteiger partial charge on any atom is 0.195 e. The summed E-state index contributed by atoms with van der Waals surface area (Å²) in [5, 5.41) is 26.0. The molecule has 1 fully saturated rings. The minimum atomic E-state index is -0.671. The number of hydrogen-bond donors (Lipinski definition) is 2. The molecule has 3 aromatic carbocycles. The van der Waals surface area contributed by atoms with Crippen LogP contribution in [-0.4, -0.2) is 15.9 Å². The van der Waals surface area contributed by atoms with Crippen LogP contribution >= 0.6 is 12.2 Å². The summed E-state index contributed by atoms with van der Waals surface area (Å²) in [4.78, 5) is 14.7. The summed E-state index contributed by atoms with van der Waals surface area (Å²) in [5.41, 5.74) is 1.67. The van der Waals surface area contributed by atoms with Gasteiger partial charge in [-0.3, -0.25) is 4.79 Å². The molecule has 1 atom stereocenters. The van der Waals surface area contributed by atoms with Gasteiger partial charge >= 0.3 is 0 Å². The quantitative estimate of drug-likeness (QED) is 0.368. The van der Waals surface area contributed by atoms with Gasteiger partial charge in [0.05, 0.1) is 22.3 Å². The van der Waals surface area contributed by atoms with Crippen LogP contribution in [0.2, 0.25) is 0 Å². The van der Waals surface area contributed by atoms with Gasteiger partial charge in [-0.25, -0.2) is 0 Å². The van der Waals surface area contributed by atoms with Gasteiger partial charge in [0.15, 0.2) is 5.78 Å². The van der Waals surface area contributed by atoms with Crippen LogP contribution in [0.1, 0.15) is 48.0 Å². The van der Waals surface area contributed by atoms with Crippen molar-refractivity contribution >= 4 is 39.5 Å². The van der Waals surface area contributed by atoms with Gasteiger partial charge in [-0.2, -0.15) is 5.26 Å². The molecular formula is C28H24N2O2S. The first kappa shape index (κ1) is 21.4. The smallest absolute Gasteiger partial charge is 0.195 e. The summed E-state index contributed by atoms with van der Waals surface area (Å²) in [6.45, 7) is 0. The molecule has 1 unspecified atom stereocenters. The Morgan fingerprint density at radius 1 is 1.00 bits per heavy atom. The first-order valence-corrected chi connectivity index (χ1v) is 11.7. The summed E-state index contributed by atoms with van der Waals surface area (Å²) in [6.07, 6.45) is 4.38. The molecule has 4 nitrogen and oxygen atoms in total. The van der Waals surface area contributed by atoms with Crippen molar-refractivity contribution in [1.82, 2.24) is 5.32 Å². The molecule has 5 heteroatoms. The molecule has 3 aromatic rings. The van der Waals surface area contributed by atoms with Gasteiger partial charge in [-0.1, -0.05) is 92.1 Å². The van der Waals surface area contributed by atoms with Crippen molar-refractivity contribution in [3.63, 3.8) is 0 Å². The molecule has 1 aliphatic carbocycles. The molecule has 0 bridgehead atoms. The molecule has 1 saturated carbocycles. The van der Waals surface area contributed by atoms with E-state index < -0.39 is 11.3 Å². The normalized spacial score (nSPS) is 19.8. The molecule has 1 heterocycles. The number of hydrogen-bond acceptors (Lipinski definition) is 4. The number of carbonyl (C=O) groups excluding carboxylic acids is 1. The Balaban J connectivity index is 1.79. The van der Waals surface area contributed by atoms with E-state index in [1.807, 2.05) is 60.7 Å². The van der Waals surface area contributed by atoms with Crippen LogP contribution in [0.5, 0.6) is 5.75 Å². The predicted octanol–water partition coefficient (Wildman–Crippen LogP) is 6.16. The Kier molecular flexibility index (Phi) is 5.47. The number of thiocarbonyl (C=S) groups is 1. The standard InChI is InChI=1S/C28H24N2O2S/c29-17-22-27(33)30-24(19-10-3-1-4-11-19)23(28(22)15-7-2-8-16-28)26(32)21-14-13-18-9-5-6-12-20(18)25(21)31/h1,3-6,9-14,22,31H,2,7-8,15-16H2,(H,30,33). The number of carbonyl (C=O) groups is 1. The monoisotopic (exact) mass is 452 g/mol. The van der Waals surface area contributed by atoms with Crippen LogP contribution in [0.3, 0.4) is 0 Å². The molecule has 1 spiro atoms. The highest BCUT2D eigenvalue weighted by Crippen LogP contribution is 2.54. The molecule has 33 heavy (non-hydrogen) atoms. The number of phenolic OH excluding ortho intramolecular Hbond substituents is 1. The van der Waals surface area contributed by atoms with E-state index in [9.17, 15) is 15.2 Å². The number of benzene rings is 3. The second kappa shape index (κ2) is 8.46. The number of ketones is 1. The third-order valence-electron chi connectivity index (χ3n) is 7.12. The van der Waals surface area contributed by atoms with Crippen LogP contribution in [0, 0.1) is 22.7 Å². The lowest BCUT2D eigenvalue weighted by atomic mass is 9.58. The highest BCUT2D eigenvalue weighted by molar-refractivity contribution is 7.80. The first-order chi connectivity index (χ1) is 16.1. The van der Waals surface area contributed by atoms with E-state index in [0.29, 0.717) is 21.6 Å². The van der Waals surface area contributed by atoms with E-state index >= 15 is 0 Å². The highest BCUT2D eigenvalue weighted by atomic mass is 32.1. The zero-order valence-corrected chi connectivity index (χ0v) is 19.0. The Morgan fingerprint density at radius 3 is 2.42 bits per heavy atom. The van der Waals surface area contributed by atoms with Gasteiger partial charge in [0.2, 0.25) is 0 Å². The number of nitriles is 1. The summed E-state index contributed by atoms with van der Waals surface area (Å²) >= 11 is 5.67. The molecule has 0 amide bonds. The minimum Gasteiger partial charge on any atom is -0.507 e. The molecule has 1 aliphatic heterocycles. The fourth-order valence-electron chi connectivity index (χ4n) is 5.54. The fourth-order valence-corrected chi connectivity index (χ4v) is 5.92. The van der Waals surface area contributed by atoms with Gasteiger partial charge < -0.3 is 10.4 Å². The Labute approximate surface area is 198 Å². The number of phenols is 1. The Morgan fingerprint density at radius 2 is 1.70 bits per heavy atom. The van der Waals surface area contributed by atoms with Gasteiger partial charge in [-0.15, -0.1) is 0 Å². The average Bonchev–Trinajstić information content (AvgIpc) is 2.85. The van der Waals surface area contributed by atoms with Gasteiger partial charge in [0.25, 0.3) is 0 Å². The van der Waals surface area contributed by atoms with E-state index in [2.05, 4.69) is 11.4 Å². The lowest BCUT2D eigenvalue weighted by Gasteiger charge is -2.46. The topological polar surface area (TPSA) is 73.1 Å². The first-order valence-electron chi connectivity index (χ1n) is 11.3. The SMILES string of the molecule is N#CC1C(=S)NC(c2ccccc2)=C(C(=O)c2ccc3ccccc3c2O)C12CCCCC2. The van der Waals surface area contributed by atoms with Crippen molar-refractivity contribution in [1.29, 1.82) is 5.26 Å². The van der Waals surface area contributed by atoms with Gasteiger partial charge in [0.1, 0.15) is 11.7 Å². The van der Waals surface area contributed by atoms with Crippen molar-refractivity contribution < 1.29 is 9.90 Å². The van der Waals surface area contributed by atoms with Crippen LogP contribution in [0.15, 0.2) is 72.3 Å². The van der Waals surface area contributed by atoms with Crippen LogP contribution in [0.4, 0.5) is 0 Å². The highest BCUT2D eigenvalue weighted by Gasteiger charge is 2.52. The van der Waals surface area contributed by atoms with Crippen LogP contribution in [0.25, 0.3) is 16.5 Å². The predicted molar refractivity (Wildman–Crippen MR) is 134 cm³/mol. The summed E-state index contributed by atoms with van der Waals surface area (Å²) < 4.78 is 0. The van der Waals surface area contributed by atoms with E-state index in [1.165, 1.54) is 0 Å². The molecule has 164 valence electrons. The van der Waals surface area contributed by atoms with E-state index in [4.69, 9.17) is 12.2 Å². The van der Waals surface area contributed by atoms with Crippen molar-refractivity contribution in [2.45, 2.75) is 32.1 Å². The summed E-state index contributed by atoms with van der Waals surface area (Å²) in [6, 6.07) is 23.1. The number of aromatic hydroxyl groups is 1. The molecule has 0 aromatic heterocycles. The number of nitrogens with one attached hydrogen (secondary N) is 1. The number of nitrogens with zero attached hydrogens (tertiary/aromatic N) is 1. The lowest BCUT2D eigenvalue weighted by molar-refractivity contribution is 0.0963. The molecule has 5 rings (SSSR count). The third kappa shape index (κ3) is 3.42. The maximum absolute atomic E-state index is 14.3. The van der Waals surface area contributed by atoms with Gasteiger partial charge in [0, 0.05) is 16.4 Å². The largest absolute Gasteiger partial charge is 0.507 e. The van der Waals surface area contributed by atoms with Crippen LogP contribution in [-0.2, 0) is 0 Å². The molecular weight excluding hydrogens is 428 g/mol. The van der Waals surface area contributed by atoms with Crippen molar-refractivity contribution in [3.05, 3.63) is 83.4 Å². The number of Topliss-reactive ketones (excluding diaryl/α,β-unsaturated/α-hetero) is 1. The minimum absolute atomic E-state index is 0.0226. The molecule has 0 radical (unpaired) electrons. The molecule has 0 saturated heterocycles. The van der Waals surface area contributed by atoms with Crippen LogP contribution < -0.4 is 5.32 Å². The van der Waals surface area contributed by atoms with E-state index in [-0.39, 0.29) is 17.1 Å². The average molecular weight is 453 g/mol. The zero-order chi connectivity index (χ0) is 23.0. The van der Waals surface area contributed by atoms with Crippen molar-refractivity contribution in [2.75, 3.05) is 0 Å². The van der Waals surface area contributed by atoms with Crippen molar-refractivity contribution in [2.24, 2.45) is 11.3 Å². The summed E-state index contributed by atoms with van der Waals surface area (Å²) in [7, 11) is 0. The van der Waals surface area contributed by atoms with Crippen molar-refractivity contribution in [3.8, 4) is 11.8 Å². The number of rotatable bonds is 3. The number of allylic oxidation sites excluding steroid dienone is 1. The molecule has 2 N–H and O–H groups in total. The zero-order valence-electron chi connectivity index (χ0n) is 18.2. The van der Waals surface area contributed by atoms with E-state index in [0.717, 1.165) is 43.1 Å². The molecule has 2 aliphatic rings. The third-order valence-corrected chi connectivity index (χ3v) is 7.46. The second-order valence-electron chi connectivity index (χ2n) is 8.90. The second-order valence-corrected chi connectivity index (χ2v) is 9.34. The Hall–Kier alpha value is -3.49.